The van der Waals surface area contributed by atoms with Crippen LogP contribution in [0.25, 0.3) is 0 Å². The van der Waals surface area contributed by atoms with E-state index in [4.69, 9.17) is 37.0 Å². The average molecular weight is 1470 g/mol. The minimum atomic E-state index is -4.96. The third-order valence-corrected chi connectivity index (χ3v) is 21.4. The first-order valence-corrected chi connectivity index (χ1v) is 44.8. The predicted molar refractivity (Wildman–Crippen MR) is 409 cm³/mol. The summed E-state index contributed by atoms with van der Waals surface area (Å²) in [6.45, 7) is 14.3. The maximum absolute atomic E-state index is 13.1. The van der Waals surface area contributed by atoms with Crippen molar-refractivity contribution in [3.63, 3.8) is 0 Å². The summed E-state index contributed by atoms with van der Waals surface area (Å²) < 4.78 is 68.7. The molecular weight excluding hydrogens is 1310 g/mol. The molecule has 19 heteroatoms. The van der Waals surface area contributed by atoms with Crippen molar-refractivity contribution in [3.05, 3.63) is 0 Å². The fraction of sp³-hybridized carbons (Fsp3) is 0.951. The Morgan fingerprint density at radius 1 is 0.280 bits per heavy atom. The van der Waals surface area contributed by atoms with E-state index in [-0.39, 0.29) is 25.7 Å². The summed E-state index contributed by atoms with van der Waals surface area (Å²) in [7, 11) is -9.92. The van der Waals surface area contributed by atoms with E-state index in [0.717, 1.165) is 120 Å². The summed E-state index contributed by atoms with van der Waals surface area (Å²) in [4.78, 5) is 73.0. The Labute approximate surface area is 613 Å². The van der Waals surface area contributed by atoms with E-state index in [1.807, 2.05) is 0 Å². The van der Waals surface area contributed by atoms with Crippen LogP contribution in [0.15, 0.2) is 0 Å². The van der Waals surface area contributed by atoms with Gasteiger partial charge in [0.15, 0.2) is 12.2 Å². The van der Waals surface area contributed by atoms with Crippen LogP contribution in [0.5, 0.6) is 0 Å². The van der Waals surface area contributed by atoms with Crippen LogP contribution < -0.4 is 0 Å². The van der Waals surface area contributed by atoms with Crippen LogP contribution >= 0.6 is 15.6 Å². The molecule has 17 nitrogen and oxygen atoms in total. The van der Waals surface area contributed by atoms with E-state index >= 15 is 0 Å². The molecular formula is C81H158O17P2. The predicted octanol–water partition coefficient (Wildman–Crippen LogP) is 24.0. The third kappa shape index (κ3) is 71.7. The van der Waals surface area contributed by atoms with Crippen molar-refractivity contribution >= 4 is 39.5 Å². The molecule has 0 aliphatic heterocycles. The molecule has 0 aliphatic rings. The molecule has 0 saturated heterocycles. The highest BCUT2D eigenvalue weighted by Gasteiger charge is 2.30. The summed E-state index contributed by atoms with van der Waals surface area (Å²) in [5.74, 6) is 1.02. The summed E-state index contributed by atoms with van der Waals surface area (Å²) >= 11 is 0. The summed E-state index contributed by atoms with van der Waals surface area (Å²) in [6.07, 6.45) is 56.9. The molecule has 0 rings (SSSR count). The number of rotatable bonds is 78. The fourth-order valence-corrected chi connectivity index (χ4v) is 13.9. The summed E-state index contributed by atoms with van der Waals surface area (Å²) in [6, 6.07) is 0. The lowest BCUT2D eigenvalue weighted by Gasteiger charge is -2.21. The molecule has 0 spiro atoms. The van der Waals surface area contributed by atoms with Gasteiger partial charge in [-0.25, -0.2) is 9.13 Å². The molecule has 0 heterocycles. The molecule has 0 amide bonds. The highest BCUT2D eigenvalue weighted by Crippen LogP contribution is 2.45. The number of esters is 4. The van der Waals surface area contributed by atoms with Crippen LogP contribution in [0.4, 0.5) is 0 Å². The molecule has 0 aliphatic carbocycles. The molecule has 0 radical (unpaired) electrons. The monoisotopic (exact) mass is 1470 g/mol. The first-order chi connectivity index (χ1) is 48.2. The molecule has 594 valence electrons. The van der Waals surface area contributed by atoms with Crippen molar-refractivity contribution in [2.45, 2.75) is 433 Å². The minimum absolute atomic E-state index is 0.105. The van der Waals surface area contributed by atoms with E-state index in [1.54, 1.807) is 0 Å². The number of hydrogen-bond donors (Lipinski definition) is 3. The van der Waals surface area contributed by atoms with Gasteiger partial charge in [-0.1, -0.05) is 364 Å². The molecule has 0 fully saturated rings. The highest BCUT2D eigenvalue weighted by molar-refractivity contribution is 7.47. The molecule has 0 saturated carbocycles. The number of unbranched alkanes of at least 4 members (excludes halogenated alkanes) is 42. The maximum Gasteiger partial charge on any atom is 0.472 e. The van der Waals surface area contributed by atoms with Crippen LogP contribution in [0, 0.1) is 23.7 Å². The van der Waals surface area contributed by atoms with Crippen LogP contribution in [-0.4, -0.2) is 96.7 Å². The van der Waals surface area contributed by atoms with E-state index < -0.39 is 97.5 Å². The summed E-state index contributed by atoms with van der Waals surface area (Å²) in [5.41, 5.74) is 0. The van der Waals surface area contributed by atoms with Gasteiger partial charge in [0, 0.05) is 25.7 Å². The van der Waals surface area contributed by atoms with Gasteiger partial charge in [-0.05, 0) is 49.4 Å². The van der Waals surface area contributed by atoms with Crippen LogP contribution in [0.2, 0.25) is 0 Å². The molecule has 3 N–H and O–H groups in total. The first kappa shape index (κ1) is 98.1. The topological polar surface area (TPSA) is 237 Å². The second-order valence-electron chi connectivity index (χ2n) is 30.6. The number of carbonyl (C=O) groups is 4. The Kier molecular flexibility index (Phi) is 68.7. The van der Waals surface area contributed by atoms with Gasteiger partial charge in [0.1, 0.15) is 19.3 Å². The minimum Gasteiger partial charge on any atom is -0.462 e. The van der Waals surface area contributed by atoms with Gasteiger partial charge < -0.3 is 33.8 Å². The SMILES string of the molecule is CCC(C)CCCCCCCCCCCCCCCCCCCCC(=O)O[C@H](COC(=O)CCCCCCCCCCCCCC(C)C)COP(=O)(O)OC[C@@H](O)COP(=O)(O)OC[C@@H](COC(=O)CCCCCCCCC(C)CC)OC(=O)CCCCCCCCCCCCCC(C)C. The third-order valence-electron chi connectivity index (χ3n) is 19.5. The van der Waals surface area contributed by atoms with Crippen molar-refractivity contribution in [1.29, 1.82) is 0 Å². The molecule has 4 unspecified atom stereocenters. The standard InChI is InChI=1S/C81H158O17P2/c1-9-73(7)59-51-43-35-29-23-17-15-13-11-12-14-16-18-24-31-37-47-55-63-80(85)97-76(67-91-78(83)61-53-45-36-30-25-19-21-27-33-41-49-57-71(3)4)69-95-99(87,88)93-65-75(82)66-94-100(89,90)96-70-77(68-92-79(84)62-54-46-40-39-44-52-60-74(8)10-2)98-81(86)64-56-48-38-32-26-20-22-28-34-42-50-58-72(5)6/h71-77,82H,9-70H2,1-8H3,(H,87,88)(H,89,90)/t73?,74?,75-,76-,77-/m1/s1. The van der Waals surface area contributed by atoms with Crippen molar-refractivity contribution in [2.75, 3.05) is 39.6 Å². The smallest absolute Gasteiger partial charge is 0.462 e. The number of phosphoric ester groups is 2. The van der Waals surface area contributed by atoms with Crippen LogP contribution in [0.1, 0.15) is 415 Å². The zero-order valence-corrected chi connectivity index (χ0v) is 67.6. The number of carbonyl (C=O) groups excluding carboxylic acids is 4. The zero-order chi connectivity index (χ0) is 73.8. The number of hydrogen-bond acceptors (Lipinski definition) is 15. The van der Waals surface area contributed by atoms with E-state index in [2.05, 4.69) is 55.4 Å². The maximum atomic E-state index is 13.1. The van der Waals surface area contributed by atoms with E-state index in [9.17, 15) is 43.2 Å². The lowest BCUT2D eigenvalue weighted by atomic mass is 9.99. The molecule has 7 atom stereocenters. The molecule has 0 aromatic carbocycles. The van der Waals surface area contributed by atoms with Gasteiger partial charge in [-0.3, -0.25) is 37.3 Å². The normalized spacial score (nSPS) is 14.6. The first-order valence-electron chi connectivity index (χ1n) is 41.8. The van der Waals surface area contributed by atoms with Crippen molar-refractivity contribution in [3.8, 4) is 0 Å². The summed E-state index contributed by atoms with van der Waals surface area (Å²) in [5, 5.41) is 10.6. The Balaban J connectivity index is 5.22. The Morgan fingerprint density at radius 2 is 0.480 bits per heavy atom. The fourth-order valence-electron chi connectivity index (χ4n) is 12.4. The molecule has 0 aromatic heterocycles. The van der Waals surface area contributed by atoms with Crippen molar-refractivity contribution in [2.24, 2.45) is 23.7 Å². The quantitative estimate of drug-likeness (QED) is 0.0222. The van der Waals surface area contributed by atoms with E-state index in [0.29, 0.717) is 25.7 Å². The van der Waals surface area contributed by atoms with Gasteiger partial charge in [-0.2, -0.15) is 0 Å². The van der Waals surface area contributed by atoms with Gasteiger partial charge >= 0.3 is 39.5 Å². The lowest BCUT2D eigenvalue weighted by molar-refractivity contribution is -0.161. The van der Waals surface area contributed by atoms with Crippen molar-refractivity contribution in [1.82, 2.24) is 0 Å². The number of phosphoric acid groups is 2. The van der Waals surface area contributed by atoms with Gasteiger partial charge in [0.25, 0.3) is 0 Å². The number of aliphatic hydroxyl groups excluding tert-OH is 1. The Bertz CT molecular complexity index is 1960. The van der Waals surface area contributed by atoms with Crippen molar-refractivity contribution < 1.29 is 80.2 Å². The molecule has 100 heavy (non-hydrogen) atoms. The zero-order valence-electron chi connectivity index (χ0n) is 65.8. The number of aliphatic hydroxyl groups is 1. The largest absolute Gasteiger partial charge is 0.472 e. The van der Waals surface area contributed by atoms with Crippen LogP contribution in [0.3, 0.4) is 0 Å². The second kappa shape index (κ2) is 70.1. The second-order valence-corrected chi connectivity index (χ2v) is 33.5. The molecule has 0 bridgehead atoms. The lowest BCUT2D eigenvalue weighted by Crippen LogP contribution is -2.30. The Hall–Kier alpha value is -1.94. The van der Waals surface area contributed by atoms with Gasteiger partial charge in [-0.15, -0.1) is 0 Å². The van der Waals surface area contributed by atoms with Gasteiger partial charge in [0.05, 0.1) is 26.4 Å². The number of ether oxygens (including phenoxy) is 4. The van der Waals surface area contributed by atoms with Gasteiger partial charge in [0.2, 0.25) is 0 Å². The average Bonchev–Trinajstić information content (AvgIpc) is 1.14. The highest BCUT2D eigenvalue weighted by atomic mass is 31.2. The van der Waals surface area contributed by atoms with E-state index in [1.165, 1.54) is 212 Å². The molecule has 0 aromatic rings. The van der Waals surface area contributed by atoms with Crippen LogP contribution in [-0.2, 0) is 65.4 Å². The Morgan fingerprint density at radius 3 is 0.710 bits per heavy atom.